The largest absolute Gasteiger partial charge is 0.381 e. The molecule has 0 bridgehead atoms. The first-order chi connectivity index (χ1) is 13.4. The van der Waals surface area contributed by atoms with Crippen molar-refractivity contribution in [2.45, 2.75) is 18.4 Å². The first kappa shape index (κ1) is 20.0. The second kappa shape index (κ2) is 8.50. The number of nitro benzene ring substituents is 1. The second-order valence-electron chi connectivity index (χ2n) is 7.27. The van der Waals surface area contributed by atoms with Crippen LogP contribution in [0.1, 0.15) is 28.8 Å². The molecule has 1 fully saturated rings. The minimum absolute atomic E-state index is 0.0947. The first-order valence-corrected chi connectivity index (χ1v) is 9.30. The van der Waals surface area contributed by atoms with Crippen LogP contribution in [-0.4, -0.2) is 55.0 Å². The number of rotatable bonds is 7. The van der Waals surface area contributed by atoms with E-state index in [-0.39, 0.29) is 17.0 Å². The molecule has 0 radical (unpaired) electrons. The van der Waals surface area contributed by atoms with E-state index in [1.165, 1.54) is 6.07 Å². The van der Waals surface area contributed by atoms with Crippen LogP contribution in [0.3, 0.4) is 0 Å². The number of nitrogens with one attached hydrogen (secondary N) is 1. The van der Waals surface area contributed by atoms with Crippen LogP contribution in [-0.2, 0) is 4.74 Å². The van der Waals surface area contributed by atoms with Gasteiger partial charge in [-0.3, -0.25) is 14.9 Å². The third kappa shape index (κ3) is 4.21. The third-order valence-corrected chi connectivity index (χ3v) is 5.47. The Morgan fingerprint density at radius 2 is 1.82 bits per heavy atom. The van der Waals surface area contributed by atoms with Crippen molar-refractivity contribution >= 4 is 17.2 Å². The summed E-state index contributed by atoms with van der Waals surface area (Å²) in [5.74, 6) is -0.232. The average Bonchev–Trinajstić information content (AvgIpc) is 2.72. The van der Waals surface area contributed by atoms with E-state index in [0.717, 1.165) is 12.8 Å². The van der Waals surface area contributed by atoms with E-state index in [4.69, 9.17) is 4.74 Å². The van der Waals surface area contributed by atoms with Crippen molar-refractivity contribution in [2.75, 3.05) is 39.2 Å². The summed E-state index contributed by atoms with van der Waals surface area (Å²) in [5.41, 5.74) is 1.01. The lowest BCUT2D eigenvalue weighted by atomic mass is 9.88. The van der Waals surface area contributed by atoms with E-state index >= 15 is 0 Å². The number of ketones is 1. The van der Waals surface area contributed by atoms with Crippen molar-refractivity contribution in [2.24, 2.45) is 0 Å². The first-order valence-electron chi connectivity index (χ1n) is 9.30. The molecule has 3 rings (SSSR count). The molecule has 2 aromatic rings. The van der Waals surface area contributed by atoms with Gasteiger partial charge in [0.05, 0.1) is 4.92 Å². The zero-order chi connectivity index (χ0) is 20.1. The topological polar surface area (TPSA) is 84.7 Å². The smallest absolute Gasteiger partial charge is 0.293 e. The second-order valence-corrected chi connectivity index (χ2v) is 7.27. The average molecular weight is 383 g/mol. The normalized spacial score (nSPS) is 16.0. The van der Waals surface area contributed by atoms with Gasteiger partial charge in [-0.2, -0.15) is 0 Å². The SMILES string of the molecule is CN(C)C1(CNc2ccc(C(=O)c3ccccc3)cc2[N+](=O)[O-])CCOCC1. The van der Waals surface area contributed by atoms with Crippen LogP contribution in [0.4, 0.5) is 11.4 Å². The maximum atomic E-state index is 12.6. The molecule has 7 nitrogen and oxygen atoms in total. The number of hydrogen-bond acceptors (Lipinski definition) is 6. The van der Waals surface area contributed by atoms with E-state index in [9.17, 15) is 14.9 Å². The standard InChI is InChI=1S/C21H25N3O4/c1-23(2)21(10-12-28-13-11-21)15-22-18-9-8-17(14-19(18)24(26)27)20(25)16-6-4-3-5-7-16/h3-9,14,22H,10-13,15H2,1-2H3. The predicted molar refractivity (Wildman–Crippen MR) is 108 cm³/mol. The van der Waals surface area contributed by atoms with E-state index in [1.807, 2.05) is 20.2 Å². The van der Waals surface area contributed by atoms with Crippen LogP contribution in [0.25, 0.3) is 0 Å². The highest BCUT2D eigenvalue weighted by Gasteiger charge is 2.35. The summed E-state index contributed by atoms with van der Waals surface area (Å²) < 4.78 is 5.47. The summed E-state index contributed by atoms with van der Waals surface area (Å²) >= 11 is 0. The molecular formula is C21H25N3O4. The summed E-state index contributed by atoms with van der Waals surface area (Å²) in [4.78, 5) is 25.9. The molecule has 0 saturated carbocycles. The minimum atomic E-state index is -0.448. The molecule has 148 valence electrons. The van der Waals surface area contributed by atoms with E-state index in [2.05, 4.69) is 10.2 Å². The van der Waals surface area contributed by atoms with Crippen LogP contribution >= 0.6 is 0 Å². The van der Waals surface area contributed by atoms with Gasteiger partial charge in [0.1, 0.15) is 5.69 Å². The van der Waals surface area contributed by atoms with E-state index in [0.29, 0.717) is 36.6 Å². The van der Waals surface area contributed by atoms with Gasteiger partial charge < -0.3 is 15.0 Å². The number of likely N-dealkylation sites (N-methyl/N-ethyl adjacent to an activating group) is 1. The predicted octanol–water partition coefficient (Wildman–Crippen LogP) is 3.35. The molecule has 7 heteroatoms. The number of anilines is 1. The fraction of sp³-hybridized carbons (Fsp3) is 0.381. The molecule has 2 aromatic carbocycles. The van der Waals surface area contributed by atoms with Gasteiger partial charge in [-0.1, -0.05) is 30.3 Å². The fourth-order valence-electron chi connectivity index (χ4n) is 3.52. The summed E-state index contributed by atoms with van der Waals surface area (Å²) in [6.45, 7) is 1.91. The Labute approximate surface area is 164 Å². The zero-order valence-corrected chi connectivity index (χ0v) is 16.2. The monoisotopic (exact) mass is 383 g/mol. The molecule has 1 saturated heterocycles. The van der Waals surface area contributed by atoms with Gasteiger partial charge >= 0.3 is 0 Å². The van der Waals surface area contributed by atoms with Crippen LogP contribution < -0.4 is 5.32 Å². The van der Waals surface area contributed by atoms with Crippen molar-refractivity contribution in [3.8, 4) is 0 Å². The molecule has 0 aromatic heterocycles. The summed E-state index contributed by atoms with van der Waals surface area (Å²) in [5, 5.41) is 14.9. The molecule has 28 heavy (non-hydrogen) atoms. The molecule has 0 spiro atoms. The van der Waals surface area contributed by atoms with Gasteiger partial charge in [0.25, 0.3) is 5.69 Å². The zero-order valence-electron chi connectivity index (χ0n) is 16.2. The van der Waals surface area contributed by atoms with Crippen molar-refractivity contribution in [3.05, 3.63) is 69.8 Å². The quantitative estimate of drug-likeness (QED) is 0.448. The highest BCUT2D eigenvalue weighted by Crippen LogP contribution is 2.30. The molecule has 1 N–H and O–H groups in total. The van der Waals surface area contributed by atoms with Gasteiger partial charge in [-0.25, -0.2) is 0 Å². The van der Waals surface area contributed by atoms with Gasteiger partial charge in [0, 0.05) is 42.5 Å². The number of nitro groups is 1. The van der Waals surface area contributed by atoms with Gasteiger partial charge in [0.2, 0.25) is 0 Å². The number of ether oxygens (including phenoxy) is 1. The lowest BCUT2D eigenvalue weighted by Gasteiger charge is -2.43. The Hall–Kier alpha value is -2.77. The highest BCUT2D eigenvalue weighted by atomic mass is 16.6. The van der Waals surface area contributed by atoms with Gasteiger partial charge in [-0.05, 0) is 39.1 Å². The van der Waals surface area contributed by atoms with Crippen molar-refractivity contribution in [3.63, 3.8) is 0 Å². The number of benzene rings is 2. The number of carbonyl (C=O) groups excluding carboxylic acids is 1. The Kier molecular flexibility index (Phi) is 6.06. The summed E-state index contributed by atoms with van der Waals surface area (Å²) in [6.07, 6.45) is 1.71. The Bertz CT molecular complexity index is 846. The van der Waals surface area contributed by atoms with Crippen LogP contribution in [0.5, 0.6) is 0 Å². The molecular weight excluding hydrogens is 358 g/mol. The molecule has 0 aliphatic carbocycles. The molecule has 0 atom stereocenters. The molecule has 0 unspecified atom stereocenters. The summed E-state index contributed by atoms with van der Waals surface area (Å²) in [7, 11) is 4.03. The third-order valence-electron chi connectivity index (χ3n) is 5.47. The van der Waals surface area contributed by atoms with Crippen molar-refractivity contribution in [1.82, 2.24) is 4.90 Å². The van der Waals surface area contributed by atoms with E-state index in [1.54, 1.807) is 36.4 Å². The van der Waals surface area contributed by atoms with Crippen molar-refractivity contribution < 1.29 is 14.5 Å². The van der Waals surface area contributed by atoms with Crippen molar-refractivity contribution in [1.29, 1.82) is 0 Å². The van der Waals surface area contributed by atoms with E-state index < -0.39 is 4.92 Å². The maximum absolute atomic E-state index is 12.6. The minimum Gasteiger partial charge on any atom is -0.381 e. The molecule has 0 amide bonds. The highest BCUT2D eigenvalue weighted by molar-refractivity contribution is 6.09. The van der Waals surface area contributed by atoms with Crippen LogP contribution in [0, 0.1) is 10.1 Å². The maximum Gasteiger partial charge on any atom is 0.293 e. The Morgan fingerprint density at radius 1 is 1.14 bits per heavy atom. The van der Waals surface area contributed by atoms with Crippen LogP contribution in [0.15, 0.2) is 48.5 Å². The lowest BCUT2D eigenvalue weighted by molar-refractivity contribution is -0.384. The van der Waals surface area contributed by atoms with Gasteiger partial charge in [0.15, 0.2) is 5.78 Å². The Morgan fingerprint density at radius 3 is 2.43 bits per heavy atom. The molecule has 1 aliphatic rings. The lowest BCUT2D eigenvalue weighted by Crippen LogP contribution is -2.53. The number of hydrogen-bond donors (Lipinski definition) is 1. The van der Waals surface area contributed by atoms with Crippen LogP contribution in [0.2, 0.25) is 0 Å². The molecule has 1 aliphatic heterocycles. The molecule has 1 heterocycles. The Balaban J connectivity index is 1.83. The summed E-state index contributed by atoms with van der Waals surface area (Å²) in [6, 6.07) is 13.4. The van der Waals surface area contributed by atoms with Gasteiger partial charge in [-0.15, -0.1) is 0 Å². The number of carbonyl (C=O) groups is 1. The fourth-order valence-corrected chi connectivity index (χ4v) is 3.52. The number of nitrogens with zero attached hydrogens (tertiary/aromatic N) is 2.